The van der Waals surface area contributed by atoms with Crippen molar-refractivity contribution in [3.63, 3.8) is 0 Å². The Bertz CT molecular complexity index is 1160. The fourth-order valence-corrected chi connectivity index (χ4v) is 3.25. The first-order chi connectivity index (χ1) is 14.6. The van der Waals surface area contributed by atoms with Gasteiger partial charge in [0.2, 0.25) is 0 Å². The van der Waals surface area contributed by atoms with Crippen LogP contribution in [0.1, 0.15) is 17.0 Å². The Morgan fingerprint density at radius 2 is 1.50 bits per heavy atom. The SMILES string of the molecule is COc1ccc(Cn2nc(C)n(-c3ccc(OCc4ccccc4)cc3)c2=O)cc1. The second-order valence-electron chi connectivity index (χ2n) is 6.94. The lowest BCUT2D eigenvalue weighted by Gasteiger charge is -2.08. The fraction of sp³-hybridized carbons (Fsp3) is 0.167. The number of ether oxygens (including phenoxy) is 2. The van der Waals surface area contributed by atoms with Crippen molar-refractivity contribution < 1.29 is 9.47 Å². The molecule has 1 aromatic heterocycles. The van der Waals surface area contributed by atoms with Gasteiger partial charge in [0.05, 0.1) is 19.3 Å². The molecule has 0 radical (unpaired) electrons. The summed E-state index contributed by atoms with van der Waals surface area (Å²) < 4.78 is 14.1. The molecule has 0 atom stereocenters. The van der Waals surface area contributed by atoms with E-state index in [4.69, 9.17) is 9.47 Å². The van der Waals surface area contributed by atoms with Crippen molar-refractivity contribution >= 4 is 0 Å². The summed E-state index contributed by atoms with van der Waals surface area (Å²) in [7, 11) is 1.63. The van der Waals surface area contributed by atoms with Crippen LogP contribution in [0.3, 0.4) is 0 Å². The number of aromatic nitrogens is 3. The minimum atomic E-state index is -0.179. The highest BCUT2D eigenvalue weighted by Crippen LogP contribution is 2.17. The summed E-state index contributed by atoms with van der Waals surface area (Å²) in [6, 6.07) is 25.1. The van der Waals surface area contributed by atoms with Gasteiger partial charge in [-0.25, -0.2) is 14.0 Å². The summed E-state index contributed by atoms with van der Waals surface area (Å²) in [5.74, 6) is 2.16. The minimum absolute atomic E-state index is 0.179. The van der Waals surface area contributed by atoms with Crippen LogP contribution in [-0.4, -0.2) is 21.5 Å². The quantitative estimate of drug-likeness (QED) is 0.470. The molecule has 0 unspecified atom stereocenters. The molecule has 0 N–H and O–H groups in total. The average Bonchev–Trinajstić information content (AvgIpc) is 3.06. The zero-order valence-electron chi connectivity index (χ0n) is 17.0. The molecule has 30 heavy (non-hydrogen) atoms. The zero-order valence-corrected chi connectivity index (χ0v) is 17.0. The molecule has 1 heterocycles. The van der Waals surface area contributed by atoms with Crippen LogP contribution in [-0.2, 0) is 13.2 Å². The number of nitrogens with zero attached hydrogens (tertiary/aromatic N) is 3. The van der Waals surface area contributed by atoms with Crippen molar-refractivity contribution in [2.75, 3.05) is 7.11 Å². The first-order valence-electron chi connectivity index (χ1n) is 9.70. The highest BCUT2D eigenvalue weighted by molar-refractivity contribution is 5.38. The van der Waals surface area contributed by atoms with Crippen LogP contribution in [0, 0.1) is 6.92 Å². The normalized spacial score (nSPS) is 10.7. The molecule has 0 bridgehead atoms. The van der Waals surface area contributed by atoms with Gasteiger partial charge in [-0.15, -0.1) is 0 Å². The summed E-state index contributed by atoms with van der Waals surface area (Å²) in [5.41, 5.74) is 2.66. The Balaban J connectivity index is 1.50. The molecule has 3 aromatic carbocycles. The predicted octanol–water partition coefficient (Wildman–Crippen LogP) is 3.98. The second kappa shape index (κ2) is 8.69. The van der Waals surface area contributed by atoms with Crippen molar-refractivity contribution in [2.45, 2.75) is 20.1 Å². The summed E-state index contributed by atoms with van der Waals surface area (Å²) in [6.07, 6.45) is 0. The monoisotopic (exact) mass is 401 g/mol. The Hall–Kier alpha value is -3.80. The highest BCUT2D eigenvalue weighted by atomic mass is 16.5. The standard InChI is InChI=1S/C24H23N3O3/c1-18-25-26(16-19-8-12-22(29-2)13-9-19)24(28)27(18)21-10-14-23(15-11-21)30-17-20-6-4-3-5-7-20/h3-15H,16-17H2,1-2H3. The summed E-state index contributed by atoms with van der Waals surface area (Å²) in [6.45, 7) is 2.72. The van der Waals surface area contributed by atoms with Crippen molar-refractivity contribution in [1.29, 1.82) is 0 Å². The van der Waals surface area contributed by atoms with E-state index >= 15 is 0 Å². The van der Waals surface area contributed by atoms with Gasteiger partial charge in [0.25, 0.3) is 0 Å². The molecule has 0 aliphatic carbocycles. The molecule has 0 saturated carbocycles. The molecule has 0 aliphatic heterocycles. The molecule has 4 rings (SSSR count). The maximum absolute atomic E-state index is 12.9. The number of rotatable bonds is 7. The van der Waals surface area contributed by atoms with E-state index in [1.807, 2.05) is 85.8 Å². The van der Waals surface area contributed by atoms with E-state index < -0.39 is 0 Å². The number of aryl methyl sites for hydroxylation is 1. The van der Waals surface area contributed by atoms with Gasteiger partial charge in [-0.3, -0.25) is 0 Å². The summed E-state index contributed by atoms with van der Waals surface area (Å²) in [4.78, 5) is 12.9. The lowest BCUT2D eigenvalue weighted by Crippen LogP contribution is -2.24. The largest absolute Gasteiger partial charge is 0.497 e. The Kier molecular flexibility index (Phi) is 5.66. The molecule has 6 heteroatoms. The molecule has 0 saturated heterocycles. The third-order valence-electron chi connectivity index (χ3n) is 4.84. The van der Waals surface area contributed by atoms with E-state index in [1.54, 1.807) is 11.7 Å². The smallest absolute Gasteiger partial charge is 0.350 e. The van der Waals surface area contributed by atoms with Crippen LogP contribution in [0.4, 0.5) is 0 Å². The lowest BCUT2D eigenvalue weighted by molar-refractivity contribution is 0.306. The van der Waals surface area contributed by atoms with Crippen molar-refractivity contribution in [3.8, 4) is 17.2 Å². The number of hydrogen-bond donors (Lipinski definition) is 0. The molecule has 152 valence electrons. The average molecular weight is 401 g/mol. The van der Waals surface area contributed by atoms with Crippen molar-refractivity contribution in [3.05, 3.63) is 106 Å². The molecule has 0 aliphatic rings. The van der Waals surface area contributed by atoms with Crippen LogP contribution in [0.5, 0.6) is 11.5 Å². The minimum Gasteiger partial charge on any atom is -0.497 e. The van der Waals surface area contributed by atoms with Gasteiger partial charge in [0, 0.05) is 0 Å². The Morgan fingerprint density at radius 3 is 2.17 bits per heavy atom. The van der Waals surface area contributed by atoms with Gasteiger partial charge in [0.15, 0.2) is 0 Å². The first-order valence-corrected chi connectivity index (χ1v) is 9.70. The number of hydrogen-bond acceptors (Lipinski definition) is 4. The topological polar surface area (TPSA) is 58.3 Å². The van der Waals surface area contributed by atoms with E-state index in [1.165, 1.54) is 4.68 Å². The van der Waals surface area contributed by atoms with E-state index in [0.29, 0.717) is 19.0 Å². The summed E-state index contributed by atoms with van der Waals surface area (Å²) >= 11 is 0. The molecular formula is C24H23N3O3. The van der Waals surface area contributed by atoms with Gasteiger partial charge in [0.1, 0.15) is 23.9 Å². The van der Waals surface area contributed by atoms with Crippen LogP contribution in [0.25, 0.3) is 5.69 Å². The molecule has 4 aromatic rings. The second-order valence-corrected chi connectivity index (χ2v) is 6.94. The lowest BCUT2D eigenvalue weighted by atomic mass is 10.2. The maximum atomic E-state index is 12.9. The third kappa shape index (κ3) is 4.27. The predicted molar refractivity (Wildman–Crippen MR) is 115 cm³/mol. The van der Waals surface area contributed by atoms with Crippen LogP contribution in [0.15, 0.2) is 83.7 Å². The molecule has 6 nitrogen and oxygen atoms in total. The maximum Gasteiger partial charge on any atom is 0.350 e. The highest BCUT2D eigenvalue weighted by Gasteiger charge is 2.12. The molecule has 0 spiro atoms. The fourth-order valence-electron chi connectivity index (χ4n) is 3.25. The van der Waals surface area contributed by atoms with Gasteiger partial charge in [-0.05, 0) is 54.4 Å². The van der Waals surface area contributed by atoms with Gasteiger partial charge < -0.3 is 9.47 Å². The zero-order chi connectivity index (χ0) is 20.9. The first kappa shape index (κ1) is 19.5. The Morgan fingerprint density at radius 1 is 0.833 bits per heavy atom. The number of benzene rings is 3. The molecule has 0 fully saturated rings. The van der Waals surface area contributed by atoms with Gasteiger partial charge in [-0.2, -0.15) is 5.10 Å². The van der Waals surface area contributed by atoms with E-state index in [2.05, 4.69) is 5.10 Å². The summed E-state index contributed by atoms with van der Waals surface area (Å²) in [5, 5.41) is 4.43. The van der Waals surface area contributed by atoms with E-state index in [0.717, 1.165) is 28.3 Å². The number of methoxy groups -OCH3 is 1. The van der Waals surface area contributed by atoms with Gasteiger partial charge >= 0.3 is 5.69 Å². The van der Waals surface area contributed by atoms with E-state index in [-0.39, 0.29) is 5.69 Å². The molecular weight excluding hydrogens is 378 g/mol. The van der Waals surface area contributed by atoms with Crippen molar-refractivity contribution in [2.24, 2.45) is 0 Å². The Labute approximate surface area is 174 Å². The van der Waals surface area contributed by atoms with E-state index in [9.17, 15) is 4.79 Å². The van der Waals surface area contributed by atoms with Crippen LogP contribution < -0.4 is 15.2 Å². The molecule has 0 amide bonds. The third-order valence-corrected chi connectivity index (χ3v) is 4.84. The van der Waals surface area contributed by atoms with Gasteiger partial charge in [-0.1, -0.05) is 42.5 Å². The van der Waals surface area contributed by atoms with Crippen LogP contribution >= 0.6 is 0 Å². The van der Waals surface area contributed by atoms with Crippen LogP contribution in [0.2, 0.25) is 0 Å². The van der Waals surface area contributed by atoms with Crippen molar-refractivity contribution in [1.82, 2.24) is 14.3 Å².